The Morgan fingerprint density at radius 1 is 1.33 bits per heavy atom. The summed E-state index contributed by atoms with van der Waals surface area (Å²) in [6, 6.07) is 2.70. The highest BCUT2D eigenvalue weighted by molar-refractivity contribution is 5.94. The minimum absolute atomic E-state index is 0.0484. The summed E-state index contributed by atoms with van der Waals surface area (Å²) in [4.78, 5) is 3.65. The first-order valence-electron chi connectivity index (χ1n) is 5.20. The van der Waals surface area contributed by atoms with Gasteiger partial charge in [0.2, 0.25) is 0 Å². The highest BCUT2D eigenvalue weighted by Gasteiger charge is 2.18. The molecule has 0 amide bonds. The number of fused-ring (bicyclic) bond motifs is 1. The molecule has 2 aromatic rings. The summed E-state index contributed by atoms with van der Waals surface area (Å²) in [6.45, 7) is 2.22. The van der Waals surface area contributed by atoms with E-state index in [1.54, 1.807) is 6.92 Å². The van der Waals surface area contributed by atoms with E-state index in [0.717, 1.165) is 12.3 Å². The highest BCUT2D eigenvalue weighted by atomic mass is 19.2. The molecule has 1 aromatic carbocycles. The van der Waals surface area contributed by atoms with Gasteiger partial charge in [-0.25, -0.2) is 13.2 Å². The summed E-state index contributed by atoms with van der Waals surface area (Å²) < 4.78 is 39.8. The van der Waals surface area contributed by atoms with E-state index < -0.39 is 17.5 Å². The summed E-state index contributed by atoms with van der Waals surface area (Å²) in [7, 11) is 0. The van der Waals surface area contributed by atoms with Gasteiger partial charge < -0.3 is 5.32 Å². The lowest BCUT2D eigenvalue weighted by atomic mass is 10.1. The fourth-order valence-electron chi connectivity index (χ4n) is 1.69. The van der Waals surface area contributed by atoms with Crippen LogP contribution >= 0.6 is 0 Å². The lowest BCUT2D eigenvalue weighted by Gasteiger charge is -2.10. The molecule has 0 spiro atoms. The summed E-state index contributed by atoms with van der Waals surface area (Å²) in [5.74, 6) is -4.23. The zero-order valence-electron chi connectivity index (χ0n) is 9.39. The Morgan fingerprint density at radius 3 is 2.67 bits per heavy atom. The highest BCUT2D eigenvalue weighted by Crippen LogP contribution is 2.29. The largest absolute Gasteiger partial charge is 0.384 e. The second-order valence-corrected chi connectivity index (χ2v) is 3.57. The molecule has 0 saturated carbocycles. The molecule has 0 fully saturated rings. The van der Waals surface area contributed by atoms with E-state index >= 15 is 0 Å². The van der Waals surface area contributed by atoms with Crippen molar-refractivity contribution in [3.8, 4) is 6.07 Å². The maximum Gasteiger partial charge on any atom is 0.196 e. The third kappa shape index (κ3) is 1.74. The smallest absolute Gasteiger partial charge is 0.196 e. The first-order valence-corrected chi connectivity index (χ1v) is 5.20. The third-order valence-corrected chi connectivity index (χ3v) is 2.47. The van der Waals surface area contributed by atoms with Crippen molar-refractivity contribution >= 4 is 16.6 Å². The molecule has 1 heterocycles. The number of nitrogens with zero attached hydrogens (tertiary/aromatic N) is 2. The van der Waals surface area contributed by atoms with Crippen molar-refractivity contribution in [3.63, 3.8) is 0 Å². The predicted molar refractivity (Wildman–Crippen MR) is 60.5 cm³/mol. The molecule has 2 rings (SSSR count). The monoisotopic (exact) mass is 251 g/mol. The number of hydrogen-bond donors (Lipinski definition) is 1. The van der Waals surface area contributed by atoms with Crippen LogP contribution in [-0.4, -0.2) is 11.5 Å². The van der Waals surface area contributed by atoms with Crippen LogP contribution in [0, 0.1) is 28.8 Å². The minimum Gasteiger partial charge on any atom is -0.384 e. The maximum absolute atomic E-state index is 13.5. The number of rotatable bonds is 2. The van der Waals surface area contributed by atoms with Gasteiger partial charge in [0.25, 0.3) is 0 Å². The summed E-state index contributed by atoms with van der Waals surface area (Å²) in [6.07, 6.45) is 1.13. The van der Waals surface area contributed by atoms with Gasteiger partial charge in [0.15, 0.2) is 17.5 Å². The van der Waals surface area contributed by atoms with Crippen LogP contribution in [0.1, 0.15) is 12.5 Å². The molecule has 0 saturated heterocycles. The van der Waals surface area contributed by atoms with Crippen molar-refractivity contribution < 1.29 is 13.2 Å². The van der Waals surface area contributed by atoms with Crippen molar-refractivity contribution in [2.45, 2.75) is 6.92 Å². The molecule has 0 aliphatic rings. The van der Waals surface area contributed by atoms with Crippen molar-refractivity contribution in [2.75, 3.05) is 11.9 Å². The Labute approximate surface area is 101 Å². The maximum atomic E-state index is 13.5. The van der Waals surface area contributed by atoms with Crippen LogP contribution in [0.15, 0.2) is 12.3 Å². The fourth-order valence-corrected chi connectivity index (χ4v) is 1.69. The van der Waals surface area contributed by atoms with Crippen molar-refractivity contribution in [3.05, 3.63) is 35.3 Å². The van der Waals surface area contributed by atoms with E-state index in [2.05, 4.69) is 10.3 Å². The Kier molecular flexibility index (Phi) is 3.06. The number of halogens is 3. The lowest BCUT2D eigenvalue weighted by Crippen LogP contribution is -2.03. The van der Waals surface area contributed by atoms with Gasteiger partial charge in [-0.15, -0.1) is 0 Å². The molecule has 18 heavy (non-hydrogen) atoms. The Morgan fingerprint density at radius 2 is 2.06 bits per heavy atom. The summed E-state index contributed by atoms with van der Waals surface area (Å²) in [5, 5.41) is 11.8. The Bertz CT molecular complexity index is 662. The topological polar surface area (TPSA) is 48.7 Å². The van der Waals surface area contributed by atoms with E-state index in [1.165, 1.54) is 0 Å². The normalized spacial score (nSPS) is 10.4. The number of pyridine rings is 1. The Balaban J connectivity index is 2.89. The number of benzene rings is 1. The number of aromatic nitrogens is 1. The fraction of sp³-hybridized carbons (Fsp3) is 0.167. The van der Waals surface area contributed by atoms with Gasteiger partial charge in [-0.3, -0.25) is 4.98 Å². The molecular weight excluding hydrogens is 243 g/mol. The van der Waals surface area contributed by atoms with Crippen LogP contribution in [0.5, 0.6) is 0 Å². The van der Waals surface area contributed by atoms with E-state index in [1.807, 2.05) is 6.07 Å². The van der Waals surface area contributed by atoms with Crippen LogP contribution < -0.4 is 5.32 Å². The Hall–Kier alpha value is -2.29. The minimum atomic E-state index is -1.57. The second-order valence-electron chi connectivity index (χ2n) is 3.57. The average Bonchev–Trinajstić information content (AvgIpc) is 2.37. The molecular formula is C12H8F3N3. The molecule has 0 aliphatic carbocycles. The molecule has 1 aromatic heterocycles. The van der Waals surface area contributed by atoms with Gasteiger partial charge in [-0.05, 0) is 13.0 Å². The summed E-state index contributed by atoms with van der Waals surface area (Å²) >= 11 is 0. The van der Waals surface area contributed by atoms with Crippen molar-refractivity contribution in [1.82, 2.24) is 4.98 Å². The first kappa shape index (κ1) is 12.2. The molecule has 6 heteroatoms. The van der Waals surface area contributed by atoms with E-state index in [4.69, 9.17) is 5.26 Å². The van der Waals surface area contributed by atoms with Crippen molar-refractivity contribution in [1.29, 1.82) is 5.26 Å². The lowest BCUT2D eigenvalue weighted by molar-refractivity contribution is 0.452. The number of nitrogens with one attached hydrogen (secondary N) is 1. The molecule has 0 radical (unpaired) electrons. The molecule has 1 N–H and O–H groups in total. The zero-order chi connectivity index (χ0) is 13.3. The van der Waals surface area contributed by atoms with Gasteiger partial charge in [0.1, 0.15) is 11.6 Å². The van der Waals surface area contributed by atoms with Gasteiger partial charge in [0.05, 0.1) is 11.3 Å². The quantitative estimate of drug-likeness (QED) is 0.835. The molecule has 0 unspecified atom stereocenters. The standard InChI is InChI=1S/C12H8F3N3/c1-2-17-11-6(4-16)5-18-12-7(11)3-8(13)9(14)10(12)15/h3,5H,2H2,1H3,(H,17,18). The summed E-state index contributed by atoms with van der Waals surface area (Å²) in [5.41, 5.74) is 0.0985. The van der Waals surface area contributed by atoms with Crippen molar-refractivity contribution in [2.24, 2.45) is 0 Å². The zero-order valence-corrected chi connectivity index (χ0v) is 9.39. The molecule has 0 bridgehead atoms. The molecule has 3 nitrogen and oxygen atoms in total. The van der Waals surface area contributed by atoms with Crippen LogP contribution in [0.2, 0.25) is 0 Å². The third-order valence-electron chi connectivity index (χ3n) is 2.47. The van der Waals surface area contributed by atoms with E-state index in [-0.39, 0.29) is 22.2 Å². The van der Waals surface area contributed by atoms with Crippen LogP contribution in [0.3, 0.4) is 0 Å². The molecule has 0 atom stereocenters. The van der Waals surface area contributed by atoms with Gasteiger partial charge in [-0.2, -0.15) is 5.26 Å². The molecule has 92 valence electrons. The van der Waals surface area contributed by atoms with E-state index in [0.29, 0.717) is 6.54 Å². The van der Waals surface area contributed by atoms with Gasteiger partial charge in [-0.1, -0.05) is 0 Å². The number of nitriles is 1. The number of hydrogen-bond acceptors (Lipinski definition) is 3. The van der Waals surface area contributed by atoms with E-state index in [9.17, 15) is 13.2 Å². The average molecular weight is 251 g/mol. The van der Waals surface area contributed by atoms with Gasteiger partial charge >= 0.3 is 0 Å². The first-order chi connectivity index (χ1) is 8.60. The van der Waals surface area contributed by atoms with Crippen LogP contribution in [-0.2, 0) is 0 Å². The number of anilines is 1. The predicted octanol–water partition coefficient (Wildman–Crippen LogP) is 2.96. The van der Waals surface area contributed by atoms with Crippen LogP contribution in [0.4, 0.5) is 18.9 Å². The van der Waals surface area contributed by atoms with Crippen LogP contribution in [0.25, 0.3) is 10.9 Å². The van der Waals surface area contributed by atoms with Gasteiger partial charge in [0, 0.05) is 18.1 Å². The SMILES string of the molecule is CCNc1c(C#N)cnc2c(F)c(F)c(F)cc12. The molecule has 0 aliphatic heterocycles. The second kappa shape index (κ2) is 4.53.